The lowest BCUT2D eigenvalue weighted by molar-refractivity contribution is -0.138. The number of anilines is 1. The van der Waals surface area contributed by atoms with Gasteiger partial charge in [0.15, 0.2) is 5.54 Å². The number of amides is 2. The number of nitrogens with zero attached hydrogens (tertiary/aromatic N) is 4. The van der Waals surface area contributed by atoms with Gasteiger partial charge in [0.05, 0.1) is 46.3 Å². The summed E-state index contributed by atoms with van der Waals surface area (Å²) in [5, 5.41) is 26.6. The average molecular weight is 743 g/mol. The number of hydrogen-bond acceptors (Lipinski definition) is 13. The molecule has 1 fully saturated rings. The van der Waals surface area contributed by atoms with Crippen molar-refractivity contribution in [3.05, 3.63) is 78.0 Å². The molecule has 278 valence electrons. The fraction of sp³-hybridized carbons (Fsp3) is 0.324. The number of aliphatic hydroxyl groups is 1. The van der Waals surface area contributed by atoms with Crippen LogP contribution in [0.5, 0.6) is 23.1 Å². The van der Waals surface area contributed by atoms with Crippen molar-refractivity contribution in [1.29, 1.82) is 0 Å². The number of aliphatic hydroxyl groups excluding tert-OH is 1. The number of β-amino-alcohol motifs (C(OH)–C–C–N with tert-alkyl or cyclic N) is 1. The minimum atomic E-state index is -4.67. The van der Waals surface area contributed by atoms with Gasteiger partial charge in [0.2, 0.25) is 11.8 Å². The fourth-order valence-corrected chi connectivity index (χ4v) is 7.79. The highest BCUT2D eigenvalue weighted by Crippen LogP contribution is 2.55. The number of aliphatic carboxylic acids is 2. The summed E-state index contributed by atoms with van der Waals surface area (Å²) < 4.78 is 51.7. The van der Waals surface area contributed by atoms with Crippen molar-refractivity contribution in [1.82, 2.24) is 14.8 Å². The molecular weight excluding hydrogens is 704 g/mol. The van der Waals surface area contributed by atoms with E-state index in [0.29, 0.717) is 28.0 Å². The molecule has 1 unspecified atom stereocenters. The van der Waals surface area contributed by atoms with Crippen LogP contribution in [0.4, 0.5) is 5.69 Å². The van der Waals surface area contributed by atoms with E-state index in [2.05, 4.69) is 4.98 Å². The summed E-state index contributed by atoms with van der Waals surface area (Å²) in [7, 11) is 4.04. The predicted octanol–water partition coefficient (Wildman–Crippen LogP) is 1.33. The molecule has 1 aromatic heterocycles. The molecule has 2 aliphatic rings. The van der Waals surface area contributed by atoms with E-state index in [1.54, 1.807) is 37.2 Å². The third-order valence-electron chi connectivity index (χ3n) is 8.35. The zero-order valence-electron chi connectivity index (χ0n) is 29.0. The lowest BCUT2D eigenvalue weighted by atomic mass is 9.81. The SMILES string of the molecule is COc1ccc(S(=O)(=O)N2C(=O)C(c3cccnc3OC)(N3C[C@H](O)C[C@H]3C(=O)N(C)C)c3cc(OC)ccc32)c(OC)c1.O=C(O)C=CC(=O)O. The first-order valence-corrected chi connectivity index (χ1v) is 16.8. The number of hydrogen-bond donors (Lipinski definition) is 3. The highest BCUT2D eigenvalue weighted by molar-refractivity contribution is 7.93. The smallest absolute Gasteiger partial charge is 0.328 e. The molecule has 0 saturated carbocycles. The van der Waals surface area contributed by atoms with Gasteiger partial charge in [-0.15, -0.1) is 0 Å². The van der Waals surface area contributed by atoms with Crippen molar-refractivity contribution in [2.75, 3.05) is 53.4 Å². The Kier molecular flexibility index (Phi) is 11.8. The third kappa shape index (κ3) is 7.07. The number of rotatable bonds is 11. The Balaban J connectivity index is 0.000000677. The van der Waals surface area contributed by atoms with Crippen LogP contribution in [0.25, 0.3) is 0 Å². The van der Waals surface area contributed by atoms with Gasteiger partial charge in [-0.1, -0.05) is 0 Å². The van der Waals surface area contributed by atoms with E-state index in [-0.39, 0.29) is 52.2 Å². The van der Waals surface area contributed by atoms with Crippen LogP contribution in [0.1, 0.15) is 17.5 Å². The van der Waals surface area contributed by atoms with Gasteiger partial charge in [0, 0.05) is 56.2 Å². The number of fused-ring (bicyclic) bond motifs is 1. The van der Waals surface area contributed by atoms with E-state index in [0.717, 1.165) is 0 Å². The fourth-order valence-electron chi connectivity index (χ4n) is 6.19. The Bertz CT molecular complexity index is 1990. The van der Waals surface area contributed by atoms with Crippen LogP contribution in [-0.2, 0) is 34.7 Å². The quantitative estimate of drug-likeness (QED) is 0.236. The van der Waals surface area contributed by atoms with Crippen molar-refractivity contribution in [3.63, 3.8) is 0 Å². The van der Waals surface area contributed by atoms with Crippen molar-refractivity contribution < 1.29 is 61.9 Å². The maximum atomic E-state index is 15.2. The highest BCUT2D eigenvalue weighted by Gasteiger charge is 2.64. The molecule has 17 nitrogen and oxygen atoms in total. The van der Waals surface area contributed by atoms with E-state index in [9.17, 15) is 27.9 Å². The number of carbonyl (C=O) groups excluding carboxylic acids is 2. The zero-order chi connectivity index (χ0) is 38.5. The van der Waals surface area contributed by atoms with Gasteiger partial charge >= 0.3 is 11.9 Å². The van der Waals surface area contributed by atoms with Gasteiger partial charge in [-0.3, -0.25) is 14.5 Å². The van der Waals surface area contributed by atoms with Crippen LogP contribution in [0.2, 0.25) is 0 Å². The number of methoxy groups -OCH3 is 4. The molecule has 18 heteroatoms. The van der Waals surface area contributed by atoms with E-state index >= 15 is 4.79 Å². The minimum Gasteiger partial charge on any atom is -0.497 e. The number of carboxylic acids is 2. The van der Waals surface area contributed by atoms with Crippen LogP contribution < -0.4 is 23.3 Å². The summed E-state index contributed by atoms with van der Waals surface area (Å²) in [4.78, 5) is 54.9. The Morgan fingerprint density at radius 3 is 2.08 bits per heavy atom. The van der Waals surface area contributed by atoms with E-state index in [1.807, 2.05) is 0 Å². The van der Waals surface area contributed by atoms with Gasteiger partial charge in [-0.2, -0.15) is 0 Å². The van der Waals surface area contributed by atoms with Crippen molar-refractivity contribution >= 4 is 39.5 Å². The highest BCUT2D eigenvalue weighted by atomic mass is 32.2. The molecular formula is C34H38N4O13S. The molecule has 52 heavy (non-hydrogen) atoms. The maximum absolute atomic E-state index is 15.2. The number of likely N-dealkylation sites (tertiary alicyclic amines) is 1. The predicted molar refractivity (Wildman–Crippen MR) is 183 cm³/mol. The molecule has 3 N–H and O–H groups in total. The lowest BCUT2D eigenvalue weighted by Crippen LogP contribution is -2.59. The standard InChI is InChI=1S/C30H34N4O9S.C4H4O4/c1-32(2)28(36)24-14-18(35)17-33(24)30(21-8-7-13-31-27(21)43-6)22-15-19(40-3)9-11-23(22)34(29(30)37)44(38,39)26-12-10-20(41-4)16-25(26)42-5;5-3(6)1-2-4(7)8/h7-13,15-16,18,24,35H,14,17H2,1-6H3;1-2H,(H,5,6)(H,7,8)/t18-,24+,30?;/m1./s1. The summed E-state index contributed by atoms with van der Waals surface area (Å²) in [6, 6.07) is 10.9. The van der Waals surface area contributed by atoms with Crippen LogP contribution in [0, 0.1) is 0 Å². The maximum Gasteiger partial charge on any atom is 0.328 e. The summed E-state index contributed by atoms with van der Waals surface area (Å²) in [6.07, 6.45) is 1.59. The Labute approximate surface area is 299 Å². The first-order valence-electron chi connectivity index (χ1n) is 15.4. The Morgan fingerprint density at radius 2 is 1.52 bits per heavy atom. The van der Waals surface area contributed by atoms with Crippen LogP contribution in [-0.4, -0.2) is 123 Å². The lowest BCUT2D eigenvalue weighted by Gasteiger charge is -2.41. The molecule has 3 atom stereocenters. The van der Waals surface area contributed by atoms with Gasteiger partial charge in [0.1, 0.15) is 22.1 Å². The number of benzene rings is 2. The molecule has 3 heterocycles. The molecule has 1 saturated heterocycles. The van der Waals surface area contributed by atoms with Crippen molar-refractivity contribution in [3.8, 4) is 23.1 Å². The van der Waals surface area contributed by atoms with Crippen LogP contribution in [0.15, 0.2) is 71.8 Å². The first kappa shape index (κ1) is 39.1. The summed E-state index contributed by atoms with van der Waals surface area (Å²) in [5.74, 6) is -3.13. The number of pyridine rings is 1. The second-order valence-corrected chi connectivity index (χ2v) is 13.3. The molecule has 0 spiro atoms. The summed E-state index contributed by atoms with van der Waals surface area (Å²) >= 11 is 0. The topological polar surface area (TPSA) is 223 Å². The number of sulfonamides is 1. The van der Waals surface area contributed by atoms with Crippen molar-refractivity contribution in [2.45, 2.75) is 29.0 Å². The molecule has 2 amide bonds. The van der Waals surface area contributed by atoms with Gasteiger partial charge in [0.25, 0.3) is 15.9 Å². The zero-order valence-corrected chi connectivity index (χ0v) is 29.9. The van der Waals surface area contributed by atoms with E-state index < -0.39 is 45.6 Å². The molecule has 2 aliphatic heterocycles. The molecule has 5 rings (SSSR count). The average Bonchev–Trinajstić information content (AvgIpc) is 3.64. The Morgan fingerprint density at radius 1 is 0.904 bits per heavy atom. The number of ether oxygens (including phenoxy) is 4. The number of carboxylic acid groups (broad SMARTS) is 2. The largest absolute Gasteiger partial charge is 0.497 e. The van der Waals surface area contributed by atoms with Crippen LogP contribution in [0.3, 0.4) is 0 Å². The van der Waals surface area contributed by atoms with Crippen LogP contribution >= 0.6 is 0 Å². The monoisotopic (exact) mass is 742 g/mol. The summed E-state index contributed by atoms with van der Waals surface area (Å²) in [6.45, 7) is -0.134. The normalized spacial score (nSPS) is 19.8. The van der Waals surface area contributed by atoms with Gasteiger partial charge in [-0.25, -0.2) is 27.3 Å². The molecule has 3 aromatic rings. The minimum absolute atomic E-state index is 0.00692. The van der Waals surface area contributed by atoms with Gasteiger partial charge < -0.3 is 39.2 Å². The molecule has 0 aliphatic carbocycles. The van der Waals surface area contributed by atoms with E-state index in [1.165, 1.54) is 69.9 Å². The first-order chi connectivity index (χ1) is 24.6. The molecule has 2 aromatic carbocycles. The Hall–Kier alpha value is -5.72. The van der Waals surface area contributed by atoms with E-state index in [4.69, 9.17) is 29.2 Å². The molecule has 0 radical (unpaired) electrons. The molecule has 0 bridgehead atoms. The summed E-state index contributed by atoms with van der Waals surface area (Å²) in [5.41, 5.74) is -1.58. The second kappa shape index (κ2) is 15.7. The number of carbonyl (C=O) groups is 4. The number of likely N-dealkylation sites (N-methyl/N-ethyl adjacent to an activating group) is 1. The third-order valence-corrected chi connectivity index (χ3v) is 10.1. The van der Waals surface area contributed by atoms with Gasteiger partial charge in [-0.05, 0) is 48.9 Å². The second-order valence-electron chi connectivity index (χ2n) is 11.5. The number of aromatic nitrogens is 1. The van der Waals surface area contributed by atoms with Crippen molar-refractivity contribution in [2.24, 2.45) is 0 Å².